The average Bonchev–Trinajstić information content (AvgIpc) is 2.86. The van der Waals surface area contributed by atoms with Gasteiger partial charge in [0.05, 0.1) is 18.1 Å². The maximum Gasteiger partial charge on any atom is 0.417 e. The molecule has 2 rings (SSSR count). The summed E-state index contributed by atoms with van der Waals surface area (Å²) >= 11 is 5.76. The number of hydrogen-bond acceptors (Lipinski definition) is 3. The molecular formula is C13H13ClF3N3O. The standard InChI is InChI=1S/C13H13ClF3N3O/c1-21-7-6-20-11(8-14)18-19-12(20)9-4-2-3-5-10(9)13(15,16)17/h2-5H,6-8H2,1H3. The van der Waals surface area contributed by atoms with E-state index in [4.69, 9.17) is 16.3 Å². The molecule has 0 fully saturated rings. The number of aromatic nitrogens is 3. The van der Waals surface area contributed by atoms with Gasteiger partial charge in [-0.05, 0) is 6.07 Å². The fraction of sp³-hybridized carbons (Fsp3) is 0.385. The van der Waals surface area contributed by atoms with Gasteiger partial charge in [-0.3, -0.25) is 0 Å². The lowest BCUT2D eigenvalue weighted by molar-refractivity contribution is -0.137. The summed E-state index contributed by atoms with van der Waals surface area (Å²) in [5.74, 6) is 0.599. The van der Waals surface area contributed by atoms with Crippen molar-refractivity contribution in [1.82, 2.24) is 14.8 Å². The Labute approximate surface area is 124 Å². The van der Waals surface area contributed by atoms with Crippen molar-refractivity contribution in [1.29, 1.82) is 0 Å². The van der Waals surface area contributed by atoms with Crippen molar-refractivity contribution in [2.45, 2.75) is 18.6 Å². The SMILES string of the molecule is COCCn1c(CCl)nnc1-c1ccccc1C(F)(F)F. The van der Waals surface area contributed by atoms with Crippen LogP contribution in [0.3, 0.4) is 0 Å². The van der Waals surface area contributed by atoms with Gasteiger partial charge in [0.15, 0.2) is 5.82 Å². The van der Waals surface area contributed by atoms with Gasteiger partial charge in [0.2, 0.25) is 0 Å². The Morgan fingerprint density at radius 1 is 1.24 bits per heavy atom. The third kappa shape index (κ3) is 3.36. The summed E-state index contributed by atoms with van der Waals surface area (Å²) < 4.78 is 45.8. The normalized spacial score (nSPS) is 11.9. The summed E-state index contributed by atoms with van der Waals surface area (Å²) in [7, 11) is 1.51. The molecule has 8 heteroatoms. The van der Waals surface area contributed by atoms with E-state index in [0.29, 0.717) is 19.0 Å². The molecule has 0 aliphatic carbocycles. The lowest BCUT2D eigenvalue weighted by Gasteiger charge is -2.14. The van der Waals surface area contributed by atoms with Crippen molar-refractivity contribution in [2.24, 2.45) is 0 Å². The first-order chi connectivity index (χ1) is 9.99. The van der Waals surface area contributed by atoms with Crippen molar-refractivity contribution < 1.29 is 17.9 Å². The van der Waals surface area contributed by atoms with Gasteiger partial charge in [-0.1, -0.05) is 18.2 Å². The highest BCUT2D eigenvalue weighted by molar-refractivity contribution is 6.16. The number of rotatable bonds is 5. The number of halogens is 4. The zero-order valence-corrected chi connectivity index (χ0v) is 11.9. The maximum atomic E-state index is 13.1. The molecule has 0 aliphatic rings. The molecule has 21 heavy (non-hydrogen) atoms. The van der Waals surface area contributed by atoms with Crippen LogP contribution in [0.4, 0.5) is 13.2 Å². The smallest absolute Gasteiger partial charge is 0.383 e. The number of alkyl halides is 4. The summed E-state index contributed by atoms with van der Waals surface area (Å²) in [6.45, 7) is 0.649. The molecule has 0 aliphatic heterocycles. The van der Waals surface area contributed by atoms with E-state index in [1.165, 1.54) is 25.3 Å². The molecular weight excluding hydrogens is 307 g/mol. The summed E-state index contributed by atoms with van der Waals surface area (Å²) in [6, 6.07) is 5.25. The maximum absolute atomic E-state index is 13.1. The Balaban J connectivity index is 2.54. The van der Waals surface area contributed by atoms with E-state index < -0.39 is 11.7 Å². The lowest BCUT2D eigenvalue weighted by Crippen LogP contribution is -2.12. The number of ether oxygens (including phenoxy) is 1. The Morgan fingerprint density at radius 3 is 2.57 bits per heavy atom. The van der Waals surface area contributed by atoms with Crippen LogP contribution in [-0.2, 0) is 23.3 Å². The average molecular weight is 320 g/mol. The van der Waals surface area contributed by atoms with E-state index in [2.05, 4.69) is 10.2 Å². The first-order valence-electron chi connectivity index (χ1n) is 6.12. The summed E-state index contributed by atoms with van der Waals surface area (Å²) in [6.07, 6.45) is -4.46. The second-order valence-electron chi connectivity index (χ2n) is 4.26. The van der Waals surface area contributed by atoms with Crippen LogP contribution in [0, 0.1) is 0 Å². The minimum Gasteiger partial charge on any atom is -0.383 e. The highest BCUT2D eigenvalue weighted by Crippen LogP contribution is 2.36. The number of nitrogens with zero attached hydrogens (tertiary/aromatic N) is 3. The largest absolute Gasteiger partial charge is 0.417 e. The van der Waals surface area contributed by atoms with Crippen LogP contribution >= 0.6 is 11.6 Å². The summed E-state index contributed by atoms with van der Waals surface area (Å²) in [4.78, 5) is 0. The Morgan fingerprint density at radius 2 is 1.95 bits per heavy atom. The van der Waals surface area contributed by atoms with Crippen LogP contribution in [0.25, 0.3) is 11.4 Å². The van der Waals surface area contributed by atoms with Crippen molar-refractivity contribution in [3.8, 4) is 11.4 Å². The van der Waals surface area contributed by atoms with Gasteiger partial charge >= 0.3 is 6.18 Å². The van der Waals surface area contributed by atoms with E-state index in [-0.39, 0.29) is 17.3 Å². The zero-order valence-electron chi connectivity index (χ0n) is 11.2. The molecule has 2 aromatic rings. The molecule has 0 saturated carbocycles. The van der Waals surface area contributed by atoms with Gasteiger partial charge in [-0.15, -0.1) is 21.8 Å². The number of hydrogen-bond donors (Lipinski definition) is 0. The fourth-order valence-corrected chi connectivity index (χ4v) is 2.17. The second-order valence-corrected chi connectivity index (χ2v) is 4.53. The summed E-state index contributed by atoms with van der Waals surface area (Å²) in [5, 5.41) is 7.70. The van der Waals surface area contributed by atoms with Crippen molar-refractivity contribution in [3.05, 3.63) is 35.7 Å². The number of methoxy groups -OCH3 is 1. The molecule has 114 valence electrons. The minimum absolute atomic E-state index is 0.0232. The van der Waals surface area contributed by atoms with E-state index in [1.54, 1.807) is 4.57 Å². The molecule has 0 amide bonds. The monoisotopic (exact) mass is 319 g/mol. The van der Waals surface area contributed by atoms with Gasteiger partial charge in [0.25, 0.3) is 0 Å². The van der Waals surface area contributed by atoms with Gasteiger partial charge in [-0.2, -0.15) is 13.2 Å². The first-order valence-corrected chi connectivity index (χ1v) is 6.66. The highest BCUT2D eigenvalue weighted by Gasteiger charge is 2.34. The van der Waals surface area contributed by atoms with Gasteiger partial charge < -0.3 is 9.30 Å². The lowest BCUT2D eigenvalue weighted by atomic mass is 10.1. The minimum atomic E-state index is -4.46. The van der Waals surface area contributed by atoms with E-state index >= 15 is 0 Å². The molecule has 0 atom stereocenters. The van der Waals surface area contributed by atoms with Crippen LogP contribution in [0.5, 0.6) is 0 Å². The predicted molar refractivity (Wildman–Crippen MR) is 71.9 cm³/mol. The molecule has 0 unspecified atom stereocenters. The molecule has 0 bridgehead atoms. The van der Waals surface area contributed by atoms with Crippen molar-refractivity contribution >= 4 is 11.6 Å². The van der Waals surface area contributed by atoms with Crippen LogP contribution < -0.4 is 0 Å². The third-order valence-corrected chi connectivity index (χ3v) is 3.18. The van der Waals surface area contributed by atoms with Crippen molar-refractivity contribution in [2.75, 3.05) is 13.7 Å². The molecule has 1 aromatic heterocycles. The second kappa shape index (κ2) is 6.44. The van der Waals surface area contributed by atoms with Crippen LogP contribution in [0.1, 0.15) is 11.4 Å². The molecule has 0 saturated heterocycles. The number of benzene rings is 1. The van der Waals surface area contributed by atoms with E-state index in [9.17, 15) is 13.2 Å². The molecule has 0 radical (unpaired) electrons. The predicted octanol–water partition coefficient (Wildman–Crippen LogP) is 3.35. The third-order valence-electron chi connectivity index (χ3n) is 2.94. The quantitative estimate of drug-likeness (QED) is 0.793. The molecule has 0 spiro atoms. The fourth-order valence-electron chi connectivity index (χ4n) is 1.98. The Bertz CT molecular complexity index is 613. The topological polar surface area (TPSA) is 39.9 Å². The molecule has 0 N–H and O–H groups in total. The van der Waals surface area contributed by atoms with Crippen LogP contribution in [0.2, 0.25) is 0 Å². The molecule has 4 nitrogen and oxygen atoms in total. The molecule has 1 heterocycles. The van der Waals surface area contributed by atoms with E-state index in [0.717, 1.165) is 6.07 Å². The van der Waals surface area contributed by atoms with Gasteiger partial charge in [0, 0.05) is 19.2 Å². The van der Waals surface area contributed by atoms with Crippen LogP contribution in [0.15, 0.2) is 24.3 Å². The van der Waals surface area contributed by atoms with Gasteiger partial charge in [-0.25, -0.2) is 0 Å². The summed E-state index contributed by atoms with van der Waals surface area (Å²) in [5.41, 5.74) is -0.776. The highest BCUT2D eigenvalue weighted by atomic mass is 35.5. The van der Waals surface area contributed by atoms with E-state index in [1.807, 2.05) is 0 Å². The zero-order chi connectivity index (χ0) is 15.5. The molecule has 1 aromatic carbocycles. The van der Waals surface area contributed by atoms with Crippen LogP contribution in [-0.4, -0.2) is 28.5 Å². The Hall–Kier alpha value is -1.60. The first kappa shape index (κ1) is 15.8. The van der Waals surface area contributed by atoms with Gasteiger partial charge in [0.1, 0.15) is 5.82 Å². The Kier molecular flexibility index (Phi) is 4.84. The van der Waals surface area contributed by atoms with Crippen molar-refractivity contribution in [3.63, 3.8) is 0 Å².